The van der Waals surface area contributed by atoms with Crippen molar-refractivity contribution in [1.82, 2.24) is 25.5 Å². The van der Waals surface area contributed by atoms with Crippen LogP contribution in [0, 0.1) is 5.92 Å². The molecule has 6 heteroatoms. The Morgan fingerprint density at radius 1 is 1.26 bits per heavy atom. The molecule has 0 aliphatic heterocycles. The molecule has 19 heavy (non-hydrogen) atoms. The molecule has 1 unspecified atom stereocenters. The Morgan fingerprint density at radius 2 is 2.05 bits per heavy atom. The second-order valence-electron chi connectivity index (χ2n) is 5.74. The third-order valence-corrected chi connectivity index (χ3v) is 5.39. The van der Waals surface area contributed by atoms with Gasteiger partial charge in [-0.15, -0.1) is 5.10 Å². The predicted octanol–water partition coefficient (Wildman–Crippen LogP) is 2.27. The van der Waals surface area contributed by atoms with Gasteiger partial charge in [0.15, 0.2) is 0 Å². The van der Waals surface area contributed by atoms with Crippen molar-refractivity contribution in [2.75, 3.05) is 12.8 Å². The van der Waals surface area contributed by atoms with Crippen molar-refractivity contribution in [1.29, 1.82) is 0 Å². The van der Waals surface area contributed by atoms with Gasteiger partial charge in [0.1, 0.15) is 0 Å². The number of tetrazole rings is 1. The molecule has 2 aliphatic carbocycles. The summed E-state index contributed by atoms with van der Waals surface area (Å²) in [5.41, 5.74) is 0. The highest BCUT2D eigenvalue weighted by molar-refractivity contribution is 7.99. The number of nitrogens with one attached hydrogen (secondary N) is 1. The molecular formula is C13H23N5S. The monoisotopic (exact) mass is 281 g/mol. The molecule has 2 saturated carbocycles. The Balaban J connectivity index is 1.55. The molecule has 1 atom stereocenters. The zero-order chi connectivity index (χ0) is 13.1. The van der Waals surface area contributed by atoms with Crippen LogP contribution in [0.4, 0.5) is 0 Å². The standard InChI is InChI=1S/C13H23N5S/c1-14-12(10-5-3-2-4-6-10)9-19-13-15-16-17-18(13)11-7-8-11/h10-12,14H,2-9H2,1H3. The fourth-order valence-corrected chi connectivity index (χ4v) is 4.16. The van der Waals surface area contributed by atoms with Crippen LogP contribution in [0.1, 0.15) is 51.0 Å². The number of aromatic nitrogens is 4. The predicted molar refractivity (Wildman–Crippen MR) is 76.2 cm³/mol. The van der Waals surface area contributed by atoms with E-state index in [4.69, 9.17) is 0 Å². The van der Waals surface area contributed by atoms with Crippen molar-refractivity contribution in [3.63, 3.8) is 0 Å². The van der Waals surface area contributed by atoms with E-state index >= 15 is 0 Å². The number of hydrogen-bond donors (Lipinski definition) is 1. The summed E-state index contributed by atoms with van der Waals surface area (Å²) in [7, 11) is 2.09. The third-order valence-electron chi connectivity index (χ3n) is 4.34. The fraction of sp³-hybridized carbons (Fsp3) is 0.923. The van der Waals surface area contributed by atoms with E-state index in [1.54, 1.807) is 0 Å². The molecule has 1 N–H and O–H groups in total. The zero-order valence-corrected chi connectivity index (χ0v) is 12.4. The van der Waals surface area contributed by atoms with Gasteiger partial charge < -0.3 is 5.32 Å². The second-order valence-corrected chi connectivity index (χ2v) is 6.73. The molecule has 1 aromatic heterocycles. The van der Waals surface area contributed by atoms with Crippen LogP contribution in [0.15, 0.2) is 5.16 Å². The van der Waals surface area contributed by atoms with E-state index in [2.05, 4.69) is 27.9 Å². The van der Waals surface area contributed by atoms with Gasteiger partial charge in [0.25, 0.3) is 0 Å². The molecule has 0 radical (unpaired) electrons. The first-order chi connectivity index (χ1) is 9.38. The molecule has 0 aromatic carbocycles. The first-order valence-electron chi connectivity index (χ1n) is 7.46. The quantitative estimate of drug-likeness (QED) is 0.811. The number of rotatable bonds is 6. The lowest BCUT2D eigenvalue weighted by Crippen LogP contribution is -2.37. The van der Waals surface area contributed by atoms with E-state index in [0.717, 1.165) is 16.8 Å². The summed E-state index contributed by atoms with van der Waals surface area (Å²) in [6, 6.07) is 1.16. The van der Waals surface area contributed by atoms with Gasteiger partial charge in [-0.1, -0.05) is 31.0 Å². The molecule has 3 rings (SSSR count). The lowest BCUT2D eigenvalue weighted by atomic mass is 9.84. The first kappa shape index (κ1) is 13.4. The zero-order valence-electron chi connectivity index (χ0n) is 11.6. The number of thioether (sulfide) groups is 1. The van der Waals surface area contributed by atoms with Gasteiger partial charge >= 0.3 is 0 Å². The number of nitrogens with zero attached hydrogens (tertiary/aromatic N) is 4. The first-order valence-corrected chi connectivity index (χ1v) is 8.45. The Hall–Kier alpha value is -0.620. The van der Waals surface area contributed by atoms with E-state index in [1.165, 1.54) is 44.9 Å². The molecule has 5 nitrogen and oxygen atoms in total. The molecular weight excluding hydrogens is 258 g/mol. The topological polar surface area (TPSA) is 55.6 Å². The van der Waals surface area contributed by atoms with Crippen LogP contribution >= 0.6 is 11.8 Å². The minimum Gasteiger partial charge on any atom is -0.316 e. The smallest absolute Gasteiger partial charge is 0.209 e. The van der Waals surface area contributed by atoms with Crippen molar-refractivity contribution in [2.45, 2.75) is 62.2 Å². The lowest BCUT2D eigenvalue weighted by Gasteiger charge is -2.29. The summed E-state index contributed by atoms with van der Waals surface area (Å²) in [5, 5.41) is 16.6. The highest BCUT2D eigenvalue weighted by Gasteiger charge is 2.29. The molecule has 106 valence electrons. The summed E-state index contributed by atoms with van der Waals surface area (Å²) in [6.45, 7) is 0. The van der Waals surface area contributed by atoms with Crippen LogP contribution in [0.25, 0.3) is 0 Å². The fourth-order valence-electron chi connectivity index (χ4n) is 2.98. The average molecular weight is 281 g/mol. The van der Waals surface area contributed by atoms with Gasteiger partial charge in [-0.05, 0) is 49.1 Å². The van der Waals surface area contributed by atoms with Crippen LogP contribution in [0.5, 0.6) is 0 Å². The van der Waals surface area contributed by atoms with Gasteiger partial charge in [0.2, 0.25) is 5.16 Å². The van der Waals surface area contributed by atoms with E-state index in [9.17, 15) is 0 Å². The summed E-state index contributed by atoms with van der Waals surface area (Å²) >= 11 is 1.81. The number of hydrogen-bond acceptors (Lipinski definition) is 5. The highest BCUT2D eigenvalue weighted by atomic mass is 32.2. The van der Waals surface area contributed by atoms with E-state index in [-0.39, 0.29) is 0 Å². The van der Waals surface area contributed by atoms with E-state index in [0.29, 0.717) is 12.1 Å². The third kappa shape index (κ3) is 3.28. The largest absolute Gasteiger partial charge is 0.316 e. The molecule has 0 saturated heterocycles. The summed E-state index contributed by atoms with van der Waals surface area (Å²) in [5.74, 6) is 1.91. The average Bonchev–Trinajstić information content (AvgIpc) is 3.20. The van der Waals surface area contributed by atoms with Crippen LogP contribution in [0.2, 0.25) is 0 Å². The van der Waals surface area contributed by atoms with Gasteiger partial charge in [0, 0.05) is 11.8 Å². The van der Waals surface area contributed by atoms with Gasteiger partial charge in [0.05, 0.1) is 6.04 Å². The van der Waals surface area contributed by atoms with Gasteiger partial charge in [-0.3, -0.25) is 0 Å². The molecule has 2 fully saturated rings. The second kappa shape index (κ2) is 6.22. The Morgan fingerprint density at radius 3 is 2.74 bits per heavy atom. The van der Waals surface area contributed by atoms with E-state index < -0.39 is 0 Å². The Labute approximate surface area is 118 Å². The Bertz CT molecular complexity index is 397. The van der Waals surface area contributed by atoms with Crippen LogP contribution in [-0.2, 0) is 0 Å². The van der Waals surface area contributed by atoms with Crippen LogP contribution < -0.4 is 5.32 Å². The maximum absolute atomic E-state index is 4.17. The van der Waals surface area contributed by atoms with Crippen LogP contribution in [-0.4, -0.2) is 39.0 Å². The maximum atomic E-state index is 4.17. The van der Waals surface area contributed by atoms with Crippen LogP contribution in [0.3, 0.4) is 0 Å². The minimum atomic E-state index is 0.570. The summed E-state index contributed by atoms with van der Waals surface area (Å²) in [4.78, 5) is 0. The molecule has 0 bridgehead atoms. The van der Waals surface area contributed by atoms with E-state index in [1.807, 2.05) is 16.4 Å². The molecule has 1 heterocycles. The van der Waals surface area contributed by atoms with Crippen molar-refractivity contribution >= 4 is 11.8 Å². The summed E-state index contributed by atoms with van der Waals surface area (Å²) in [6.07, 6.45) is 9.42. The summed E-state index contributed by atoms with van der Waals surface area (Å²) < 4.78 is 2.01. The van der Waals surface area contributed by atoms with Gasteiger partial charge in [-0.2, -0.15) is 0 Å². The molecule has 1 aromatic rings. The highest BCUT2D eigenvalue weighted by Crippen LogP contribution is 2.37. The molecule has 0 amide bonds. The van der Waals surface area contributed by atoms with Crippen molar-refractivity contribution in [3.8, 4) is 0 Å². The van der Waals surface area contributed by atoms with Crippen molar-refractivity contribution in [2.24, 2.45) is 5.92 Å². The van der Waals surface area contributed by atoms with Crippen molar-refractivity contribution in [3.05, 3.63) is 0 Å². The van der Waals surface area contributed by atoms with Gasteiger partial charge in [-0.25, -0.2) is 4.68 Å². The normalized spacial score (nSPS) is 22.6. The minimum absolute atomic E-state index is 0.570. The lowest BCUT2D eigenvalue weighted by molar-refractivity contribution is 0.294. The molecule has 0 spiro atoms. The Kier molecular flexibility index (Phi) is 4.38. The maximum Gasteiger partial charge on any atom is 0.209 e. The molecule has 2 aliphatic rings. The van der Waals surface area contributed by atoms with Crippen molar-refractivity contribution < 1.29 is 0 Å². The SMILES string of the molecule is CNC(CSc1nnnn1C1CC1)C1CCCCC1.